The van der Waals surface area contributed by atoms with Crippen LogP contribution in [0.3, 0.4) is 0 Å². The molecule has 0 atom stereocenters. The third kappa shape index (κ3) is 2.96. The van der Waals surface area contributed by atoms with E-state index in [9.17, 15) is 0 Å². The molecule has 2 N–H and O–H groups in total. The van der Waals surface area contributed by atoms with Crippen molar-refractivity contribution in [3.63, 3.8) is 0 Å². The molecule has 0 bridgehead atoms. The second-order valence-electron chi connectivity index (χ2n) is 5.23. The van der Waals surface area contributed by atoms with Crippen molar-refractivity contribution in [1.82, 2.24) is 4.90 Å². The van der Waals surface area contributed by atoms with E-state index in [1.807, 2.05) is 0 Å². The van der Waals surface area contributed by atoms with Gasteiger partial charge in [0.1, 0.15) is 0 Å². The number of nitrogens with zero attached hydrogens (tertiary/aromatic N) is 1. The molecule has 0 saturated carbocycles. The summed E-state index contributed by atoms with van der Waals surface area (Å²) in [4.78, 5) is 2.54. The molecule has 0 unspecified atom stereocenters. The van der Waals surface area contributed by atoms with E-state index in [0.717, 1.165) is 0 Å². The van der Waals surface area contributed by atoms with Crippen LogP contribution in [-0.2, 0) is 0 Å². The highest BCUT2D eigenvalue weighted by Gasteiger charge is 2.29. The van der Waals surface area contributed by atoms with Crippen molar-refractivity contribution in [1.29, 1.82) is 0 Å². The molecule has 2 heteroatoms. The highest BCUT2D eigenvalue weighted by atomic mass is 15.1. The zero-order valence-corrected chi connectivity index (χ0v) is 9.51. The average Bonchev–Trinajstić information content (AvgIpc) is 2.03. The fourth-order valence-electron chi connectivity index (χ4n) is 2.16. The molecule has 0 aromatic carbocycles. The maximum Gasteiger partial charge on any atom is 0.0126 e. The molecule has 1 saturated heterocycles. The molecule has 0 radical (unpaired) electrons. The quantitative estimate of drug-likeness (QED) is 0.709. The Bertz CT molecular complexity index is 150. The molecule has 2 nitrogen and oxygen atoms in total. The molecule has 1 rings (SSSR count). The zero-order chi connectivity index (χ0) is 10.1. The van der Waals surface area contributed by atoms with E-state index in [1.54, 1.807) is 0 Å². The van der Waals surface area contributed by atoms with E-state index in [1.165, 1.54) is 25.9 Å². The Balaban J connectivity index is 2.39. The molecule has 78 valence electrons. The molecular formula is C11H24N2. The Labute approximate surface area is 82.5 Å². The van der Waals surface area contributed by atoms with Crippen molar-refractivity contribution in [2.45, 2.75) is 52.1 Å². The first kappa shape index (κ1) is 11.0. The van der Waals surface area contributed by atoms with Gasteiger partial charge in [-0.1, -0.05) is 0 Å². The minimum absolute atomic E-state index is 0.0169. The summed E-state index contributed by atoms with van der Waals surface area (Å²) in [6.07, 6.45) is 2.53. The molecular weight excluding hydrogens is 160 g/mol. The molecule has 13 heavy (non-hydrogen) atoms. The lowest BCUT2D eigenvalue weighted by Gasteiger charge is -2.40. The summed E-state index contributed by atoms with van der Waals surface area (Å²) >= 11 is 0. The monoisotopic (exact) mass is 184 g/mol. The number of piperidine rings is 1. The summed E-state index contributed by atoms with van der Waals surface area (Å²) in [6.45, 7) is 11.3. The number of rotatable bonds is 2. The molecule has 0 aromatic rings. The van der Waals surface area contributed by atoms with E-state index in [0.29, 0.717) is 12.0 Å². The molecule has 1 fully saturated rings. The summed E-state index contributed by atoms with van der Waals surface area (Å²) < 4.78 is 0. The van der Waals surface area contributed by atoms with E-state index >= 15 is 0 Å². The van der Waals surface area contributed by atoms with E-state index < -0.39 is 0 Å². The summed E-state index contributed by atoms with van der Waals surface area (Å²) in [5.41, 5.74) is 6.13. The average molecular weight is 184 g/mol. The van der Waals surface area contributed by atoms with Gasteiger partial charge in [-0.15, -0.1) is 0 Å². The minimum Gasteiger partial charge on any atom is -0.325 e. The third-order valence-electron chi connectivity index (χ3n) is 3.31. The van der Waals surface area contributed by atoms with Crippen molar-refractivity contribution in [3.05, 3.63) is 0 Å². The third-order valence-corrected chi connectivity index (χ3v) is 3.31. The highest BCUT2D eigenvalue weighted by Crippen LogP contribution is 2.26. The fraction of sp³-hybridized carbons (Fsp3) is 1.00. The van der Waals surface area contributed by atoms with Crippen molar-refractivity contribution in [2.75, 3.05) is 13.1 Å². The molecule has 0 amide bonds. The van der Waals surface area contributed by atoms with Gasteiger partial charge in [-0.2, -0.15) is 0 Å². The molecule has 1 aliphatic rings. The molecule has 1 aliphatic heterocycles. The Kier molecular flexibility index (Phi) is 3.36. The van der Waals surface area contributed by atoms with Gasteiger partial charge in [-0.25, -0.2) is 0 Å². The lowest BCUT2D eigenvalue weighted by atomic mass is 9.81. The van der Waals surface area contributed by atoms with Crippen molar-refractivity contribution in [3.8, 4) is 0 Å². The first-order chi connectivity index (χ1) is 5.91. The number of likely N-dealkylation sites (tertiary alicyclic amines) is 1. The van der Waals surface area contributed by atoms with Gasteiger partial charge in [0, 0.05) is 11.6 Å². The van der Waals surface area contributed by atoms with Crippen LogP contribution in [0.25, 0.3) is 0 Å². The van der Waals surface area contributed by atoms with Crippen molar-refractivity contribution >= 4 is 0 Å². The van der Waals surface area contributed by atoms with Crippen molar-refractivity contribution < 1.29 is 0 Å². The maximum atomic E-state index is 6.11. The summed E-state index contributed by atoms with van der Waals surface area (Å²) in [5.74, 6) is 0.711. The highest BCUT2D eigenvalue weighted by molar-refractivity contribution is 4.87. The van der Waals surface area contributed by atoms with Crippen LogP contribution in [0.5, 0.6) is 0 Å². The SMILES string of the molecule is CC(C)N1CCC(C(C)(C)N)CC1. The number of nitrogens with two attached hydrogens (primary N) is 1. The Morgan fingerprint density at radius 3 is 2.00 bits per heavy atom. The second-order valence-corrected chi connectivity index (χ2v) is 5.23. The molecule has 1 heterocycles. The lowest BCUT2D eigenvalue weighted by molar-refractivity contribution is 0.118. The fourth-order valence-corrected chi connectivity index (χ4v) is 2.16. The van der Waals surface area contributed by atoms with Gasteiger partial charge in [0.2, 0.25) is 0 Å². The normalized spacial score (nSPS) is 22.6. The molecule has 0 aromatic heterocycles. The number of hydrogen-bond acceptors (Lipinski definition) is 2. The predicted molar refractivity (Wildman–Crippen MR) is 57.7 cm³/mol. The topological polar surface area (TPSA) is 29.3 Å². The summed E-state index contributed by atoms with van der Waals surface area (Å²) in [7, 11) is 0. The van der Waals surface area contributed by atoms with Gasteiger partial charge in [0.15, 0.2) is 0 Å². The minimum atomic E-state index is 0.0169. The van der Waals surface area contributed by atoms with Gasteiger partial charge in [0.05, 0.1) is 0 Å². The van der Waals surface area contributed by atoms with E-state index in [2.05, 4.69) is 32.6 Å². The molecule has 0 aliphatic carbocycles. The standard InChI is InChI=1S/C11H24N2/c1-9(2)13-7-5-10(6-8-13)11(3,4)12/h9-10H,5-8,12H2,1-4H3. The number of hydrogen-bond donors (Lipinski definition) is 1. The van der Waals surface area contributed by atoms with Crippen LogP contribution < -0.4 is 5.73 Å². The van der Waals surface area contributed by atoms with Crippen LogP contribution in [0.1, 0.15) is 40.5 Å². The lowest BCUT2D eigenvalue weighted by Crippen LogP contribution is -2.48. The van der Waals surface area contributed by atoms with Crippen LogP contribution in [-0.4, -0.2) is 29.6 Å². The summed E-state index contributed by atoms with van der Waals surface area (Å²) in [5, 5.41) is 0. The van der Waals surface area contributed by atoms with E-state index in [4.69, 9.17) is 5.73 Å². The first-order valence-corrected chi connectivity index (χ1v) is 5.44. The van der Waals surface area contributed by atoms with Gasteiger partial charge in [0.25, 0.3) is 0 Å². The van der Waals surface area contributed by atoms with Gasteiger partial charge in [-0.05, 0) is 59.5 Å². The van der Waals surface area contributed by atoms with Gasteiger partial charge in [-0.3, -0.25) is 0 Å². The van der Waals surface area contributed by atoms with Gasteiger partial charge < -0.3 is 10.6 Å². The van der Waals surface area contributed by atoms with Crippen molar-refractivity contribution in [2.24, 2.45) is 11.7 Å². The maximum absolute atomic E-state index is 6.11. The zero-order valence-electron chi connectivity index (χ0n) is 9.51. The Morgan fingerprint density at radius 2 is 1.69 bits per heavy atom. The van der Waals surface area contributed by atoms with Crippen LogP contribution in [0.4, 0.5) is 0 Å². The predicted octanol–water partition coefficient (Wildman–Crippen LogP) is 1.84. The largest absolute Gasteiger partial charge is 0.325 e. The van der Waals surface area contributed by atoms with Crippen LogP contribution in [0.2, 0.25) is 0 Å². The van der Waals surface area contributed by atoms with Crippen LogP contribution >= 0.6 is 0 Å². The molecule has 0 spiro atoms. The van der Waals surface area contributed by atoms with Crippen LogP contribution in [0.15, 0.2) is 0 Å². The Hall–Kier alpha value is -0.0800. The summed E-state index contributed by atoms with van der Waals surface area (Å²) in [6, 6.07) is 0.696. The smallest absolute Gasteiger partial charge is 0.0126 e. The van der Waals surface area contributed by atoms with E-state index in [-0.39, 0.29) is 5.54 Å². The Morgan fingerprint density at radius 1 is 1.23 bits per heavy atom. The van der Waals surface area contributed by atoms with Crippen LogP contribution in [0, 0.1) is 5.92 Å². The first-order valence-electron chi connectivity index (χ1n) is 5.44. The second kappa shape index (κ2) is 3.97. The van der Waals surface area contributed by atoms with Gasteiger partial charge >= 0.3 is 0 Å².